The molecule has 2 heterocycles. The van der Waals surface area contributed by atoms with E-state index < -0.39 is 0 Å². The van der Waals surface area contributed by atoms with Crippen molar-refractivity contribution in [2.75, 3.05) is 0 Å². The first-order valence-corrected chi connectivity index (χ1v) is 6.46. The molecule has 2 aromatic heterocycles. The minimum Gasteiger partial charge on any atom is -0.469 e. The molecule has 0 aliphatic carbocycles. The van der Waals surface area contributed by atoms with Gasteiger partial charge in [-0.15, -0.1) is 5.10 Å². The lowest BCUT2D eigenvalue weighted by atomic mass is 9.93. The lowest BCUT2D eigenvalue weighted by Crippen LogP contribution is -2.04. The van der Waals surface area contributed by atoms with Crippen LogP contribution >= 0.6 is 12.2 Å². The summed E-state index contributed by atoms with van der Waals surface area (Å²) in [6.07, 6.45) is 2.08. The molecule has 6 heteroatoms. The first kappa shape index (κ1) is 12.8. The van der Waals surface area contributed by atoms with Crippen molar-refractivity contribution in [3.8, 4) is 0 Å². The highest BCUT2D eigenvalue weighted by Gasteiger charge is 2.20. The third-order valence-electron chi connectivity index (χ3n) is 3.02. The number of H-pyrrole nitrogens is 1. The number of hydrogen-bond acceptors (Lipinski definition) is 4. The predicted molar refractivity (Wildman–Crippen MR) is 72.3 cm³/mol. The van der Waals surface area contributed by atoms with Gasteiger partial charge >= 0.3 is 0 Å². The minimum atomic E-state index is -0.274. The summed E-state index contributed by atoms with van der Waals surface area (Å²) in [7, 11) is 0. The fraction of sp³-hybridized carbons (Fsp3) is 0.143. The fourth-order valence-electron chi connectivity index (χ4n) is 2.09. The average Bonchev–Trinajstić information content (AvgIpc) is 3.09. The van der Waals surface area contributed by atoms with Crippen molar-refractivity contribution in [2.24, 2.45) is 0 Å². The summed E-state index contributed by atoms with van der Waals surface area (Å²) in [5.41, 5.74) is 0.922. The number of aromatic amines is 1. The molecule has 20 heavy (non-hydrogen) atoms. The molecule has 0 bridgehead atoms. The van der Waals surface area contributed by atoms with Gasteiger partial charge in [0.2, 0.25) is 5.89 Å². The number of furan rings is 1. The zero-order valence-corrected chi connectivity index (χ0v) is 11.2. The van der Waals surface area contributed by atoms with Gasteiger partial charge < -0.3 is 8.83 Å². The molecule has 0 aliphatic rings. The van der Waals surface area contributed by atoms with Crippen LogP contribution in [-0.4, -0.2) is 10.2 Å². The van der Waals surface area contributed by atoms with Crippen molar-refractivity contribution in [2.45, 2.75) is 12.3 Å². The monoisotopic (exact) mass is 290 g/mol. The van der Waals surface area contributed by atoms with Crippen LogP contribution in [0.2, 0.25) is 0 Å². The summed E-state index contributed by atoms with van der Waals surface area (Å²) in [6.45, 7) is 0. The molecule has 1 N–H and O–H groups in total. The second-order valence-electron chi connectivity index (χ2n) is 4.33. The van der Waals surface area contributed by atoms with Crippen molar-refractivity contribution in [3.63, 3.8) is 0 Å². The van der Waals surface area contributed by atoms with E-state index in [2.05, 4.69) is 10.2 Å². The molecule has 0 spiro atoms. The van der Waals surface area contributed by atoms with Gasteiger partial charge in [0.1, 0.15) is 11.6 Å². The summed E-state index contributed by atoms with van der Waals surface area (Å²) >= 11 is 4.86. The van der Waals surface area contributed by atoms with Crippen molar-refractivity contribution in [1.82, 2.24) is 10.2 Å². The van der Waals surface area contributed by atoms with E-state index >= 15 is 0 Å². The van der Waals surface area contributed by atoms with E-state index in [0.717, 1.165) is 11.3 Å². The van der Waals surface area contributed by atoms with E-state index in [9.17, 15) is 4.39 Å². The van der Waals surface area contributed by atoms with Crippen LogP contribution in [0.3, 0.4) is 0 Å². The summed E-state index contributed by atoms with van der Waals surface area (Å²) in [6, 6.07) is 9.98. The molecule has 1 atom stereocenters. The Morgan fingerprint density at radius 2 is 2.05 bits per heavy atom. The first-order chi connectivity index (χ1) is 9.72. The van der Waals surface area contributed by atoms with Crippen LogP contribution < -0.4 is 0 Å². The minimum absolute atomic E-state index is 0.105. The van der Waals surface area contributed by atoms with E-state index in [1.807, 2.05) is 12.1 Å². The smallest absolute Gasteiger partial charge is 0.284 e. The van der Waals surface area contributed by atoms with E-state index in [4.69, 9.17) is 21.1 Å². The third-order valence-corrected chi connectivity index (χ3v) is 3.19. The number of hydrogen-bond donors (Lipinski definition) is 1. The van der Waals surface area contributed by atoms with E-state index in [1.165, 1.54) is 12.1 Å². The molecule has 0 unspecified atom stereocenters. The Hall–Kier alpha value is -2.21. The largest absolute Gasteiger partial charge is 0.469 e. The van der Waals surface area contributed by atoms with Gasteiger partial charge in [-0.2, -0.15) is 0 Å². The van der Waals surface area contributed by atoms with Crippen molar-refractivity contribution < 1.29 is 13.2 Å². The van der Waals surface area contributed by atoms with E-state index in [-0.39, 0.29) is 16.6 Å². The number of rotatable bonds is 4. The zero-order valence-electron chi connectivity index (χ0n) is 10.4. The number of nitrogens with zero attached hydrogens (tertiary/aromatic N) is 1. The predicted octanol–water partition coefficient (Wildman–Crippen LogP) is 3.84. The highest BCUT2D eigenvalue weighted by Crippen LogP contribution is 2.28. The zero-order chi connectivity index (χ0) is 13.9. The highest BCUT2D eigenvalue weighted by atomic mass is 32.1. The normalized spacial score (nSPS) is 12.4. The van der Waals surface area contributed by atoms with Gasteiger partial charge in [0.05, 0.1) is 12.2 Å². The fourth-order valence-corrected chi connectivity index (χ4v) is 2.23. The first-order valence-electron chi connectivity index (χ1n) is 6.05. The van der Waals surface area contributed by atoms with Crippen molar-refractivity contribution >= 4 is 12.2 Å². The summed E-state index contributed by atoms with van der Waals surface area (Å²) in [5, 5.41) is 6.58. The maximum atomic E-state index is 13.0. The molecule has 0 fully saturated rings. The summed E-state index contributed by atoms with van der Waals surface area (Å²) in [4.78, 5) is 0.234. The average molecular weight is 290 g/mol. The quantitative estimate of drug-likeness (QED) is 0.742. The molecule has 0 radical (unpaired) electrons. The number of aromatic nitrogens is 2. The van der Waals surface area contributed by atoms with Crippen molar-refractivity contribution in [1.29, 1.82) is 0 Å². The van der Waals surface area contributed by atoms with Gasteiger partial charge in [-0.25, -0.2) is 9.49 Å². The second kappa shape index (κ2) is 5.42. The molecule has 0 aliphatic heterocycles. The van der Waals surface area contributed by atoms with Crippen LogP contribution in [-0.2, 0) is 6.42 Å². The van der Waals surface area contributed by atoms with E-state index in [0.29, 0.717) is 12.3 Å². The Labute approximate surface area is 119 Å². The Bertz CT molecular complexity index is 731. The lowest BCUT2D eigenvalue weighted by Gasteiger charge is -2.12. The molecule has 0 saturated carbocycles. The molecular weight excluding hydrogens is 279 g/mol. The van der Waals surface area contributed by atoms with Gasteiger partial charge in [-0.3, -0.25) is 0 Å². The molecule has 1 aromatic carbocycles. The van der Waals surface area contributed by atoms with E-state index in [1.54, 1.807) is 18.4 Å². The molecule has 102 valence electrons. The van der Waals surface area contributed by atoms with Crippen molar-refractivity contribution in [3.05, 3.63) is 70.5 Å². The van der Waals surface area contributed by atoms with Crippen LogP contribution in [0.5, 0.6) is 0 Å². The van der Waals surface area contributed by atoms with Crippen LogP contribution in [0.25, 0.3) is 0 Å². The standard InChI is InChI=1S/C14H11FN2O2S/c15-10-5-3-9(4-6-10)11(12-2-1-7-18-12)8-13-16-17-14(20)19-13/h1-7,11H,8H2,(H,17,20)/t11-/m1/s1. The molecule has 4 nitrogen and oxygen atoms in total. The summed E-state index contributed by atoms with van der Waals surface area (Å²) < 4.78 is 23.8. The van der Waals surface area contributed by atoms with Crippen LogP contribution in [0.4, 0.5) is 4.39 Å². The van der Waals surface area contributed by atoms with Crippen LogP contribution in [0, 0.1) is 10.7 Å². The van der Waals surface area contributed by atoms with Crippen LogP contribution in [0.1, 0.15) is 23.1 Å². The Balaban J connectivity index is 1.95. The topological polar surface area (TPSA) is 55.0 Å². The van der Waals surface area contributed by atoms with Gasteiger partial charge in [0.25, 0.3) is 4.84 Å². The van der Waals surface area contributed by atoms with Crippen LogP contribution in [0.15, 0.2) is 51.5 Å². The molecule has 0 saturated heterocycles. The highest BCUT2D eigenvalue weighted by molar-refractivity contribution is 7.71. The van der Waals surface area contributed by atoms with Gasteiger partial charge in [0, 0.05) is 6.42 Å². The molecular formula is C14H11FN2O2S. The van der Waals surface area contributed by atoms with Gasteiger partial charge in [0.15, 0.2) is 0 Å². The molecule has 0 amide bonds. The molecule has 3 aromatic rings. The Morgan fingerprint density at radius 1 is 1.25 bits per heavy atom. The molecule has 3 rings (SSSR count). The SMILES string of the molecule is Fc1ccc([C@@H](Cc2n[nH]c(=S)o2)c2ccco2)cc1. The Kier molecular flexibility index (Phi) is 3.47. The number of halogens is 1. The number of nitrogens with one attached hydrogen (secondary N) is 1. The Morgan fingerprint density at radius 3 is 2.65 bits per heavy atom. The van der Waals surface area contributed by atoms with Gasteiger partial charge in [-0.05, 0) is 42.0 Å². The number of benzene rings is 1. The lowest BCUT2D eigenvalue weighted by molar-refractivity contribution is 0.436. The summed E-state index contributed by atoms with van der Waals surface area (Å²) in [5.74, 6) is 0.873. The second-order valence-corrected chi connectivity index (χ2v) is 4.70. The maximum Gasteiger partial charge on any atom is 0.284 e. The third kappa shape index (κ3) is 2.70. The van der Waals surface area contributed by atoms with Gasteiger partial charge in [-0.1, -0.05) is 12.1 Å². The maximum absolute atomic E-state index is 13.0.